The smallest absolute Gasteiger partial charge is 0.257 e. The summed E-state index contributed by atoms with van der Waals surface area (Å²) in [7, 11) is 0. The number of amides is 1. The predicted molar refractivity (Wildman–Crippen MR) is 72.5 cm³/mol. The molecule has 1 aromatic carbocycles. The van der Waals surface area contributed by atoms with Crippen LogP contribution in [0, 0.1) is 5.92 Å². The molecule has 1 amide bonds. The van der Waals surface area contributed by atoms with Crippen LogP contribution in [0.4, 0.5) is 0 Å². The molecule has 0 atom stereocenters. The lowest BCUT2D eigenvalue weighted by Gasteiger charge is -2.24. The topological polar surface area (TPSA) is 66.6 Å². The first kappa shape index (κ1) is 14.5. The summed E-state index contributed by atoms with van der Waals surface area (Å²) in [6.07, 6.45) is 0.770. The number of phenols is 1. The van der Waals surface area contributed by atoms with Gasteiger partial charge in [0.1, 0.15) is 5.75 Å². The van der Waals surface area contributed by atoms with Crippen molar-refractivity contribution >= 4 is 5.91 Å². The molecule has 0 bridgehead atoms. The van der Waals surface area contributed by atoms with E-state index in [9.17, 15) is 9.90 Å². The summed E-state index contributed by atoms with van der Waals surface area (Å²) >= 11 is 0. The van der Waals surface area contributed by atoms with Crippen LogP contribution >= 0.6 is 0 Å². The Morgan fingerprint density at radius 3 is 2.61 bits per heavy atom. The van der Waals surface area contributed by atoms with E-state index in [1.54, 1.807) is 23.1 Å². The molecule has 0 saturated carbocycles. The number of nitrogens with zero attached hydrogens (tertiary/aromatic N) is 1. The summed E-state index contributed by atoms with van der Waals surface area (Å²) in [5.74, 6) is 0.289. The first-order chi connectivity index (χ1) is 8.56. The first-order valence-electron chi connectivity index (χ1n) is 6.33. The van der Waals surface area contributed by atoms with Gasteiger partial charge >= 0.3 is 0 Å². The fourth-order valence-electron chi connectivity index (χ4n) is 1.82. The van der Waals surface area contributed by atoms with Crippen LogP contribution in [0.2, 0.25) is 0 Å². The summed E-state index contributed by atoms with van der Waals surface area (Å²) < 4.78 is 0. The van der Waals surface area contributed by atoms with Crippen LogP contribution in [0.1, 0.15) is 30.6 Å². The molecule has 100 valence electrons. The number of phenolic OH excluding ortho intramolecular Hbond substituents is 1. The standard InChI is InChI=1S/C14H22N2O2/c1-11(2)10-16(9-5-8-15)14(18)12-6-3-4-7-13(12)17/h3-4,6-7,11,17H,5,8-10,15H2,1-2H3. The molecule has 0 aliphatic carbocycles. The molecule has 0 radical (unpaired) electrons. The molecule has 0 aliphatic heterocycles. The Balaban J connectivity index is 2.84. The van der Waals surface area contributed by atoms with Crippen molar-refractivity contribution in [2.45, 2.75) is 20.3 Å². The van der Waals surface area contributed by atoms with E-state index in [1.165, 1.54) is 6.07 Å². The second-order valence-corrected chi connectivity index (χ2v) is 4.80. The summed E-state index contributed by atoms with van der Waals surface area (Å²) in [6, 6.07) is 6.64. The number of carbonyl (C=O) groups excluding carboxylic acids is 1. The third-order valence-corrected chi connectivity index (χ3v) is 2.64. The minimum atomic E-state index is -0.129. The van der Waals surface area contributed by atoms with E-state index in [1.807, 2.05) is 0 Å². The molecule has 0 fully saturated rings. The van der Waals surface area contributed by atoms with Gasteiger partial charge in [-0.3, -0.25) is 4.79 Å². The number of nitrogens with two attached hydrogens (primary N) is 1. The Bertz CT molecular complexity index is 391. The van der Waals surface area contributed by atoms with Crippen LogP contribution in [-0.4, -0.2) is 35.5 Å². The predicted octanol–water partition coefficient (Wildman–Crippen LogP) is 1.84. The normalized spacial score (nSPS) is 10.7. The Hall–Kier alpha value is -1.55. The SMILES string of the molecule is CC(C)CN(CCCN)C(=O)c1ccccc1O. The van der Waals surface area contributed by atoms with Crippen LogP contribution in [0.5, 0.6) is 5.75 Å². The molecule has 0 heterocycles. The highest BCUT2D eigenvalue weighted by Gasteiger charge is 2.18. The molecule has 4 heteroatoms. The number of rotatable bonds is 6. The molecule has 4 nitrogen and oxygen atoms in total. The highest BCUT2D eigenvalue weighted by Crippen LogP contribution is 2.18. The summed E-state index contributed by atoms with van der Waals surface area (Å²) in [5, 5.41) is 9.72. The van der Waals surface area contributed by atoms with E-state index in [2.05, 4.69) is 13.8 Å². The van der Waals surface area contributed by atoms with Gasteiger partial charge in [0.05, 0.1) is 5.56 Å². The van der Waals surface area contributed by atoms with Crippen LogP contribution < -0.4 is 5.73 Å². The lowest BCUT2D eigenvalue weighted by Crippen LogP contribution is -2.35. The molecule has 0 aliphatic rings. The van der Waals surface area contributed by atoms with Crippen LogP contribution in [0.3, 0.4) is 0 Å². The van der Waals surface area contributed by atoms with E-state index in [0.29, 0.717) is 31.1 Å². The van der Waals surface area contributed by atoms with E-state index in [-0.39, 0.29) is 11.7 Å². The molecule has 1 aromatic rings. The van der Waals surface area contributed by atoms with E-state index in [0.717, 1.165) is 6.42 Å². The van der Waals surface area contributed by atoms with Crippen molar-refractivity contribution in [1.82, 2.24) is 4.90 Å². The molecule has 3 N–H and O–H groups in total. The third kappa shape index (κ3) is 4.04. The van der Waals surface area contributed by atoms with Crippen molar-refractivity contribution in [2.75, 3.05) is 19.6 Å². The molecule has 0 aromatic heterocycles. The molecule has 1 rings (SSSR count). The van der Waals surface area contributed by atoms with Crippen molar-refractivity contribution < 1.29 is 9.90 Å². The minimum absolute atomic E-state index is 0.0315. The van der Waals surface area contributed by atoms with Crippen LogP contribution in [0.25, 0.3) is 0 Å². The van der Waals surface area contributed by atoms with Gasteiger partial charge in [0.25, 0.3) is 5.91 Å². The van der Waals surface area contributed by atoms with Gasteiger partial charge in [0.15, 0.2) is 0 Å². The van der Waals surface area contributed by atoms with E-state index >= 15 is 0 Å². The molecule has 0 saturated heterocycles. The number of benzene rings is 1. The fourth-order valence-corrected chi connectivity index (χ4v) is 1.82. The lowest BCUT2D eigenvalue weighted by atomic mass is 10.1. The second kappa shape index (κ2) is 7.01. The van der Waals surface area contributed by atoms with Crippen molar-refractivity contribution in [1.29, 1.82) is 0 Å². The average molecular weight is 250 g/mol. The third-order valence-electron chi connectivity index (χ3n) is 2.64. The van der Waals surface area contributed by atoms with Gasteiger partial charge in [0, 0.05) is 13.1 Å². The fraction of sp³-hybridized carbons (Fsp3) is 0.500. The van der Waals surface area contributed by atoms with Gasteiger partial charge in [-0.15, -0.1) is 0 Å². The Morgan fingerprint density at radius 1 is 1.39 bits per heavy atom. The number of para-hydroxylation sites is 1. The monoisotopic (exact) mass is 250 g/mol. The van der Waals surface area contributed by atoms with Gasteiger partial charge < -0.3 is 15.7 Å². The number of aromatic hydroxyl groups is 1. The van der Waals surface area contributed by atoms with E-state index in [4.69, 9.17) is 5.73 Å². The van der Waals surface area contributed by atoms with Crippen molar-refractivity contribution in [3.8, 4) is 5.75 Å². The lowest BCUT2D eigenvalue weighted by molar-refractivity contribution is 0.0732. The Kier molecular flexibility index (Phi) is 5.65. The first-order valence-corrected chi connectivity index (χ1v) is 6.33. The zero-order chi connectivity index (χ0) is 13.5. The van der Waals surface area contributed by atoms with Crippen LogP contribution in [0.15, 0.2) is 24.3 Å². The second-order valence-electron chi connectivity index (χ2n) is 4.80. The zero-order valence-electron chi connectivity index (χ0n) is 11.1. The molecule has 18 heavy (non-hydrogen) atoms. The average Bonchev–Trinajstić information content (AvgIpc) is 2.34. The number of hydrogen-bond acceptors (Lipinski definition) is 3. The van der Waals surface area contributed by atoms with Gasteiger partial charge in [-0.1, -0.05) is 26.0 Å². The van der Waals surface area contributed by atoms with Crippen molar-refractivity contribution in [3.63, 3.8) is 0 Å². The summed E-state index contributed by atoms with van der Waals surface area (Å²) in [5.41, 5.74) is 5.85. The van der Waals surface area contributed by atoms with Gasteiger partial charge in [-0.2, -0.15) is 0 Å². The summed E-state index contributed by atoms with van der Waals surface area (Å²) in [4.78, 5) is 14.1. The Morgan fingerprint density at radius 2 is 2.06 bits per heavy atom. The highest BCUT2D eigenvalue weighted by molar-refractivity contribution is 5.96. The largest absolute Gasteiger partial charge is 0.507 e. The molecular weight excluding hydrogens is 228 g/mol. The minimum Gasteiger partial charge on any atom is -0.507 e. The highest BCUT2D eigenvalue weighted by atomic mass is 16.3. The maximum atomic E-state index is 12.3. The van der Waals surface area contributed by atoms with Crippen molar-refractivity contribution in [3.05, 3.63) is 29.8 Å². The Labute approximate surface area is 108 Å². The maximum Gasteiger partial charge on any atom is 0.257 e. The van der Waals surface area contributed by atoms with Gasteiger partial charge in [-0.25, -0.2) is 0 Å². The van der Waals surface area contributed by atoms with E-state index < -0.39 is 0 Å². The molecule has 0 unspecified atom stereocenters. The number of carbonyl (C=O) groups is 1. The zero-order valence-corrected chi connectivity index (χ0v) is 11.1. The van der Waals surface area contributed by atoms with Gasteiger partial charge in [0.2, 0.25) is 0 Å². The number of hydrogen-bond donors (Lipinski definition) is 2. The molecule has 0 spiro atoms. The molecular formula is C14H22N2O2. The van der Waals surface area contributed by atoms with Crippen LogP contribution in [-0.2, 0) is 0 Å². The maximum absolute atomic E-state index is 12.3. The van der Waals surface area contributed by atoms with Crippen molar-refractivity contribution in [2.24, 2.45) is 11.7 Å². The van der Waals surface area contributed by atoms with Gasteiger partial charge in [-0.05, 0) is 31.0 Å². The quantitative estimate of drug-likeness (QED) is 0.809. The summed E-state index contributed by atoms with van der Waals surface area (Å²) in [6.45, 7) is 5.98.